The Labute approximate surface area is 132 Å². The average Bonchev–Trinajstić information content (AvgIpc) is 2.45. The highest BCUT2D eigenvalue weighted by molar-refractivity contribution is 9.10. The molecule has 2 rings (SSSR count). The van der Waals surface area contributed by atoms with E-state index < -0.39 is 0 Å². The van der Waals surface area contributed by atoms with Gasteiger partial charge in [-0.05, 0) is 41.8 Å². The van der Waals surface area contributed by atoms with E-state index in [4.69, 9.17) is 11.6 Å². The van der Waals surface area contributed by atoms with Gasteiger partial charge in [0.1, 0.15) is 5.82 Å². The molecular weight excluding hydrogens is 341 g/mol. The second-order valence-corrected chi connectivity index (χ2v) is 5.96. The first-order valence-electron chi connectivity index (χ1n) is 6.53. The van der Waals surface area contributed by atoms with Crippen molar-refractivity contribution in [2.75, 3.05) is 0 Å². The number of halogens is 3. The van der Waals surface area contributed by atoms with Crippen LogP contribution in [0.3, 0.4) is 0 Å². The monoisotopic (exact) mass is 355 g/mol. The van der Waals surface area contributed by atoms with Crippen LogP contribution in [0.25, 0.3) is 0 Å². The Morgan fingerprint density at radius 1 is 1.20 bits per heavy atom. The lowest BCUT2D eigenvalue weighted by Crippen LogP contribution is -2.20. The van der Waals surface area contributed by atoms with Crippen LogP contribution in [0.5, 0.6) is 0 Å². The van der Waals surface area contributed by atoms with E-state index in [1.165, 1.54) is 11.6 Å². The topological polar surface area (TPSA) is 12.0 Å². The molecule has 2 aromatic rings. The quantitative estimate of drug-likeness (QED) is 0.747. The summed E-state index contributed by atoms with van der Waals surface area (Å²) in [5.41, 5.74) is 2.22. The number of hydrogen-bond donors (Lipinski definition) is 1. The third kappa shape index (κ3) is 4.05. The summed E-state index contributed by atoms with van der Waals surface area (Å²) >= 11 is 9.23. The fraction of sp³-hybridized carbons (Fsp3) is 0.250. The van der Waals surface area contributed by atoms with Crippen molar-refractivity contribution < 1.29 is 4.39 Å². The van der Waals surface area contributed by atoms with Crippen LogP contribution in [0, 0.1) is 5.82 Å². The zero-order valence-corrected chi connectivity index (χ0v) is 13.5. The second kappa shape index (κ2) is 7.21. The zero-order chi connectivity index (χ0) is 14.5. The first-order chi connectivity index (χ1) is 9.60. The molecule has 0 bridgehead atoms. The normalized spacial score (nSPS) is 12.4. The minimum atomic E-state index is -0.379. The highest BCUT2D eigenvalue weighted by Gasteiger charge is 2.09. The molecule has 1 N–H and O–H groups in total. The molecule has 0 saturated carbocycles. The molecule has 20 heavy (non-hydrogen) atoms. The van der Waals surface area contributed by atoms with E-state index in [1.54, 1.807) is 12.1 Å². The summed E-state index contributed by atoms with van der Waals surface area (Å²) in [5.74, 6) is -0.379. The molecule has 0 aliphatic heterocycles. The molecule has 0 saturated heterocycles. The fourth-order valence-corrected chi connectivity index (χ4v) is 2.55. The lowest BCUT2D eigenvalue weighted by atomic mass is 10.0. The Morgan fingerprint density at radius 3 is 2.50 bits per heavy atom. The third-order valence-corrected chi connectivity index (χ3v) is 4.04. The second-order valence-electron chi connectivity index (χ2n) is 4.64. The van der Waals surface area contributed by atoms with Crippen molar-refractivity contribution in [2.24, 2.45) is 0 Å². The molecule has 0 aliphatic rings. The van der Waals surface area contributed by atoms with Crippen molar-refractivity contribution in [2.45, 2.75) is 25.9 Å². The van der Waals surface area contributed by atoms with Crippen molar-refractivity contribution >= 4 is 27.5 Å². The molecule has 106 valence electrons. The van der Waals surface area contributed by atoms with Gasteiger partial charge in [-0.2, -0.15) is 0 Å². The first kappa shape index (κ1) is 15.5. The summed E-state index contributed by atoms with van der Waals surface area (Å²) in [5, 5.41) is 3.64. The van der Waals surface area contributed by atoms with Gasteiger partial charge in [0, 0.05) is 17.1 Å². The van der Waals surface area contributed by atoms with Crippen LogP contribution >= 0.6 is 27.5 Å². The van der Waals surface area contributed by atoms with Crippen LogP contribution < -0.4 is 5.32 Å². The van der Waals surface area contributed by atoms with Gasteiger partial charge in [-0.15, -0.1) is 0 Å². The smallest absolute Gasteiger partial charge is 0.141 e. The number of rotatable bonds is 5. The number of benzene rings is 2. The molecule has 1 unspecified atom stereocenters. The Morgan fingerprint density at radius 2 is 1.90 bits per heavy atom. The lowest BCUT2D eigenvalue weighted by molar-refractivity contribution is 0.518. The van der Waals surface area contributed by atoms with Gasteiger partial charge in [0.25, 0.3) is 0 Å². The maximum Gasteiger partial charge on any atom is 0.141 e. The molecule has 0 aromatic heterocycles. The highest BCUT2D eigenvalue weighted by Crippen LogP contribution is 2.21. The summed E-state index contributed by atoms with van der Waals surface area (Å²) in [6.45, 7) is 2.80. The van der Waals surface area contributed by atoms with Crippen molar-refractivity contribution in [3.05, 3.63) is 68.9 Å². The van der Waals surface area contributed by atoms with E-state index in [0.29, 0.717) is 6.54 Å². The predicted octanol–water partition coefficient (Wildman–Crippen LogP) is 5.48. The Bertz CT molecular complexity index is 571. The summed E-state index contributed by atoms with van der Waals surface area (Å²) in [6.07, 6.45) is 0.983. The first-order valence-corrected chi connectivity index (χ1v) is 7.70. The molecule has 0 radical (unpaired) electrons. The van der Waals surface area contributed by atoms with E-state index in [2.05, 4.69) is 40.3 Å². The molecule has 0 aliphatic carbocycles. The van der Waals surface area contributed by atoms with Gasteiger partial charge in [-0.25, -0.2) is 4.39 Å². The predicted molar refractivity (Wildman–Crippen MR) is 85.4 cm³/mol. The maximum absolute atomic E-state index is 13.1. The fourth-order valence-electron chi connectivity index (χ4n) is 2.08. The average molecular weight is 357 g/mol. The third-order valence-electron chi connectivity index (χ3n) is 3.22. The lowest BCUT2D eigenvalue weighted by Gasteiger charge is -2.18. The summed E-state index contributed by atoms with van der Waals surface area (Å²) < 4.78 is 14.2. The van der Waals surface area contributed by atoms with E-state index >= 15 is 0 Å². The molecule has 0 spiro atoms. The number of hydrogen-bond acceptors (Lipinski definition) is 1. The molecule has 0 heterocycles. The van der Waals surface area contributed by atoms with Crippen LogP contribution in [-0.4, -0.2) is 0 Å². The van der Waals surface area contributed by atoms with Gasteiger partial charge in [-0.3, -0.25) is 0 Å². The van der Waals surface area contributed by atoms with Crippen LogP contribution in [0.2, 0.25) is 5.02 Å². The van der Waals surface area contributed by atoms with Gasteiger partial charge in [0.15, 0.2) is 0 Å². The SMILES string of the molecule is CCC(NCc1ccc(F)c(Cl)c1)c1ccc(Br)cc1. The molecule has 1 nitrogen and oxygen atoms in total. The Hall–Kier alpha value is -0.900. The van der Waals surface area contributed by atoms with E-state index in [-0.39, 0.29) is 16.9 Å². The van der Waals surface area contributed by atoms with Gasteiger partial charge in [0.2, 0.25) is 0 Å². The molecular formula is C16H16BrClFN. The summed E-state index contributed by atoms with van der Waals surface area (Å²) in [6, 6.07) is 13.4. The Balaban J connectivity index is 2.03. The Kier molecular flexibility index (Phi) is 5.58. The number of nitrogens with one attached hydrogen (secondary N) is 1. The maximum atomic E-state index is 13.1. The minimum absolute atomic E-state index is 0.168. The van der Waals surface area contributed by atoms with Crippen molar-refractivity contribution in [1.29, 1.82) is 0 Å². The molecule has 0 amide bonds. The summed E-state index contributed by atoms with van der Waals surface area (Å²) in [4.78, 5) is 0. The van der Waals surface area contributed by atoms with Crippen LogP contribution in [0.15, 0.2) is 46.9 Å². The molecule has 1 atom stereocenters. The highest BCUT2D eigenvalue weighted by atomic mass is 79.9. The van der Waals surface area contributed by atoms with Gasteiger partial charge in [0.05, 0.1) is 5.02 Å². The van der Waals surface area contributed by atoms with Crippen molar-refractivity contribution in [3.63, 3.8) is 0 Å². The van der Waals surface area contributed by atoms with Gasteiger partial charge in [-0.1, -0.05) is 52.7 Å². The van der Waals surface area contributed by atoms with Crippen LogP contribution in [0.4, 0.5) is 4.39 Å². The largest absolute Gasteiger partial charge is 0.306 e. The van der Waals surface area contributed by atoms with E-state index in [0.717, 1.165) is 16.5 Å². The summed E-state index contributed by atoms with van der Waals surface area (Å²) in [7, 11) is 0. The van der Waals surface area contributed by atoms with Gasteiger partial charge < -0.3 is 5.32 Å². The van der Waals surface area contributed by atoms with Crippen LogP contribution in [-0.2, 0) is 6.54 Å². The molecule has 2 aromatic carbocycles. The van der Waals surface area contributed by atoms with Crippen LogP contribution in [0.1, 0.15) is 30.5 Å². The zero-order valence-electron chi connectivity index (χ0n) is 11.2. The molecule has 0 fully saturated rings. The minimum Gasteiger partial charge on any atom is -0.306 e. The van der Waals surface area contributed by atoms with Crippen molar-refractivity contribution in [3.8, 4) is 0 Å². The molecule has 4 heteroatoms. The van der Waals surface area contributed by atoms with Gasteiger partial charge >= 0.3 is 0 Å². The van der Waals surface area contributed by atoms with E-state index in [1.807, 2.05) is 12.1 Å². The van der Waals surface area contributed by atoms with Crippen molar-refractivity contribution in [1.82, 2.24) is 5.32 Å². The standard InChI is InChI=1S/C16H16BrClFN/c1-2-16(12-4-6-13(17)7-5-12)20-10-11-3-8-15(19)14(18)9-11/h3-9,16,20H,2,10H2,1H3. The van der Waals surface area contributed by atoms with E-state index in [9.17, 15) is 4.39 Å².